The van der Waals surface area contributed by atoms with Gasteiger partial charge in [0.15, 0.2) is 0 Å². The number of amides is 1. The third-order valence-electron chi connectivity index (χ3n) is 6.66. The Morgan fingerprint density at radius 1 is 1.34 bits per heavy atom. The summed E-state index contributed by atoms with van der Waals surface area (Å²) < 4.78 is 5.01. The van der Waals surface area contributed by atoms with Crippen LogP contribution in [-0.2, 0) is 9.53 Å². The summed E-state index contributed by atoms with van der Waals surface area (Å²) in [6, 6.07) is -0.276. The van der Waals surface area contributed by atoms with Crippen LogP contribution in [-0.4, -0.2) is 81.5 Å². The molecule has 0 aromatic heterocycles. The second-order valence-electron chi connectivity index (χ2n) is 8.53. The SMILES string of the molecule is C[C@@H](O)[C@H]1C(=O)N2C(OC(=O)O)=C(S[C@@H]3CN[C@H]([C@H](O)[C@@H]4CCNC4)C3)[C@H](C)[C@H]12. The van der Waals surface area contributed by atoms with Crippen LogP contribution in [0.5, 0.6) is 0 Å². The summed E-state index contributed by atoms with van der Waals surface area (Å²) in [6.45, 7) is 5.98. The van der Waals surface area contributed by atoms with Crippen molar-refractivity contribution in [3.8, 4) is 0 Å². The molecule has 4 heterocycles. The number of fused-ring (bicyclic) bond motifs is 1. The van der Waals surface area contributed by atoms with Crippen LogP contribution in [0.2, 0.25) is 0 Å². The van der Waals surface area contributed by atoms with E-state index in [9.17, 15) is 19.8 Å². The van der Waals surface area contributed by atoms with E-state index in [-0.39, 0.29) is 41.0 Å². The number of aliphatic hydroxyl groups is 2. The van der Waals surface area contributed by atoms with E-state index >= 15 is 0 Å². The van der Waals surface area contributed by atoms with Crippen LogP contribution in [0.1, 0.15) is 26.7 Å². The molecule has 8 atom stereocenters. The van der Waals surface area contributed by atoms with E-state index in [2.05, 4.69) is 10.6 Å². The number of hydrogen-bond acceptors (Lipinski definition) is 8. The molecular formula is C19H29N3O6S. The molecule has 29 heavy (non-hydrogen) atoms. The Hall–Kier alpha value is -1.33. The van der Waals surface area contributed by atoms with Crippen molar-refractivity contribution in [1.82, 2.24) is 15.5 Å². The number of carbonyl (C=O) groups is 2. The predicted molar refractivity (Wildman–Crippen MR) is 106 cm³/mol. The summed E-state index contributed by atoms with van der Waals surface area (Å²) >= 11 is 1.53. The van der Waals surface area contributed by atoms with Crippen molar-refractivity contribution in [2.75, 3.05) is 19.6 Å². The topological polar surface area (TPSA) is 131 Å². The molecule has 0 bridgehead atoms. The highest BCUT2D eigenvalue weighted by Crippen LogP contribution is 2.52. The number of carboxylic acid groups (broad SMARTS) is 1. The smallest absolute Gasteiger partial charge is 0.449 e. The number of aliphatic hydroxyl groups excluding tert-OH is 2. The van der Waals surface area contributed by atoms with Crippen LogP contribution < -0.4 is 10.6 Å². The van der Waals surface area contributed by atoms with Gasteiger partial charge in [-0.3, -0.25) is 9.69 Å². The van der Waals surface area contributed by atoms with Gasteiger partial charge in [0.25, 0.3) is 0 Å². The Bertz CT molecular complexity index is 710. The summed E-state index contributed by atoms with van der Waals surface area (Å²) in [5.41, 5.74) is 0. The maximum absolute atomic E-state index is 12.5. The lowest BCUT2D eigenvalue weighted by Gasteiger charge is -2.45. The maximum atomic E-state index is 12.5. The Labute approximate surface area is 173 Å². The number of carbonyl (C=O) groups excluding carboxylic acids is 1. The molecule has 4 rings (SSSR count). The summed E-state index contributed by atoms with van der Waals surface area (Å²) in [6.07, 6.45) is -0.936. The first-order valence-electron chi connectivity index (χ1n) is 10.2. The van der Waals surface area contributed by atoms with Gasteiger partial charge < -0.3 is 30.7 Å². The Morgan fingerprint density at radius 3 is 2.72 bits per heavy atom. The van der Waals surface area contributed by atoms with E-state index in [1.54, 1.807) is 6.92 Å². The van der Waals surface area contributed by atoms with Crippen LogP contribution in [0.3, 0.4) is 0 Å². The molecule has 10 heteroatoms. The van der Waals surface area contributed by atoms with Crippen molar-refractivity contribution in [1.29, 1.82) is 0 Å². The number of hydrogen-bond donors (Lipinski definition) is 5. The first-order chi connectivity index (χ1) is 13.8. The van der Waals surface area contributed by atoms with Crippen LogP contribution in [0.4, 0.5) is 4.79 Å². The van der Waals surface area contributed by atoms with Gasteiger partial charge in [-0.15, -0.1) is 11.8 Å². The van der Waals surface area contributed by atoms with E-state index in [1.165, 1.54) is 16.7 Å². The van der Waals surface area contributed by atoms with E-state index in [1.807, 2.05) is 6.92 Å². The van der Waals surface area contributed by atoms with Gasteiger partial charge in [0.1, 0.15) is 0 Å². The highest BCUT2D eigenvalue weighted by Gasteiger charge is 2.60. The molecule has 0 saturated carbocycles. The zero-order valence-electron chi connectivity index (χ0n) is 16.6. The average molecular weight is 428 g/mol. The number of nitrogens with one attached hydrogen (secondary N) is 2. The summed E-state index contributed by atoms with van der Waals surface area (Å²) in [5.74, 6) is -0.615. The molecule has 0 aromatic rings. The fourth-order valence-electron chi connectivity index (χ4n) is 5.16. The van der Waals surface area contributed by atoms with Crippen LogP contribution in [0, 0.1) is 17.8 Å². The molecule has 4 aliphatic rings. The summed E-state index contributed by atoms with van der Waals surface area (Å²) in [7, 11) is 0. The van der Waals surface area contributed by atoms with Gasteiger partial charge in [-0.1, -0.05) is 6.92 Å². The monoisotopic (exact) mass is 427 g/mol. The molecule has 0 unspecified atom stereocenters. The van der Waals surface area contributed by atoms with Gasteiger partial charge in [-0.2, -0.15) is 0 Å². The van der Waals surface area contributed by atoms with Crippen LogP contribution in [0.15, 0.2) is 10.8 Å². The molecule has 4 aliphatic heterocycles. The first kappa shape index (κ1) is 20.9. The van der Waals surface area contributed by atoms with Crippen LogP contribution in [0.25, 0.3) is 0 Å². The highest BCUT2D eigenvalue weighted by molar-refractivity contribution is 8.03. The lowest BCUT2D eigenvalue weighted by molar-refractivity contribution is -0.163. The molecule has 3 fully saturated rings. The molecule has 0 spiro atoms. The molecule has 9 nitrogen and oxygen atoms in total. The van der Waals surface area contributed by atoms with Crippen molar-refractivity contribution < 1.29 is 29.6 Å². The standard InChI is InChI=1S/C19H29N3O6S/c1-8-14-13(9(2)23)17(25)22(14)18(28-19(26)27)16(8)29-11-5-12(21-7-11)15(24)10-3-4-20-6-10/h8-15,20-21,23-24H,3-7H2,1-2H3,(H,26,27)/t8-,9-,10-,11+,12+,13-,14-,15-/m1/s1. The second-order valence-corrected chi connectivity index (χ2v) is 9.87. The van der Waals surface area contributed by atoms with Gasteiger partial charge in [-0.25, -0.2) is 4.79 Å². The molecule has 0 aliphatic carbocycles. The van der Waals surface area contributed by atoms with E-state index in [4.69, 9.17) is 9.84 Å². The second kappa shape index (κ2) is 8.07. The zero-order valence-corrected chi connectivity index (χ0v) is 17.4. The zero-order chi connectivity index (χ0) is 20.9. The van der Waals surface area contributed by atoms with Crippen molar-refractivity contribution in [2.24, 2.45) is 17.8 Å². The average Bonchev–Trinajstić information content (AvgIpc) is 3.36. The predicted octanol–water partition coefficient (Wildman–Crippen LogP) is 0.142. The number of nitrogens with zero attached hydrogens (tertiary/aromatic N) is 1. The Balaban J connectivity index is 1.47. The van der Waals surface area contributed by atoms with Gasteiger partial charge in [0, 0.05) is 36.2 Å². The quantitative estimate of drug-likeness (QED) is 0.297. The van der Waals surface area contributed by atoms with Gasteiger partial charge in [0.2, 0.25) is 11.8 Å². The van der Waals surface area contributed by atoms with Gasteiger partial charge >= 0.3 is 6.16 Å². The van der Waals surface area contributed by atoms with Gasteiger partial charge in [-0.05, 0) is 26.3 Å². The fraction of sp³-hybridized carbons (Fsp3) is 0.789. The van der Waals surface area contributed by atoms with Crippen LogP contribution >= 0.6 is 11.8 Å². The fourth-order valence-corrected chi connectivity index (χ4v) is 6.60. The van der Waals surface area contributed by atoms with E-state index < -0.39 is 24.3 Å². The van der Waals surface area contributed by atoms with Crippen molar-refractivity contribution in [3.05, 3.63) is 10.8 Å². The molecule has 3 saturated heterocycles. The summed E-state index contributed by atoms with van der Waals surface area (Å²) in [4.78, 5) is 25.8. The third-order valence-corrected chi connectivity index (χ3v) is 8.15. The third kappa shape index (κ3) is 3.65. The molecule has 0 radical (unpaired) electrons. The lowest BCUT2D eigenvalue weighted by Crippen LogP contribution is -2.63. The molecule has 162 valence electrons. The number of thioether (sulfide) groups is 1. The van der Waals surface area contributed by atoms with E-state index in [0.717, 1.165) is 30.8 Å². The highest BCUT2D eigenvalue weighted by atomic mass is 32.2. The minimum absolute atomic E-state index is 0.00224. The minimum atomic E-state index is -1.45. The van der Waals surface area contributed by atoms with E-state index in [0.29, 0.717) is 6.54 Å². The molecular weight excluding hydrogens is 398 g/mol. The molecule has 1 amide bonds. The van der Waals surface area contributed by atoms with Crippen molar-refractivity contribution >= 4 is 23.8 Å². The molecule has 0 aromatic carbocycles. The number of rotatable bonds is 6. The lowest BCUT2D eigenvalue weighted by atomic mass is 9.79. The molecule has 5 N–H and O–H groups in total. The Kier molecular flexibility index (Phi) is 5.82. The van der Waals surface area contributed by atoms with Crippen molar-refractivity contribution in [3.63, 3.8) is 0 Å². The summed E-state index contributed by atoms with van der Waals surface area (Å²) in [5, 5.41) is 36.6. The first-order valence-corrected chi connectivity index (χ1v) is 11.1. The number of ether oxygens (including phenoxy) is 1. The largest absolute Gasteiger partial charge is 0.512 e. The van der Waals surface area contributed by atoms with Gasteiger partial charge in [0.05, 0.1) is 29.1 Å². The maximum Gasteiger partial charge on any atom is 0.512 e. The Morgan fingerprint density at radius 2 is 2.10 bits per heavy atom. The minimum Gasteiger partial charge on any atom is -0.449 e. The normalized spacial score (nSPS) is 38.8. The number of β-lactam (4-membered cyclic amide) rings is 1. The van der Waals surface area contributed by atoms with Crippen molar-refractivity contribution in [2.45, 2.75) is 56.2 Å².